The summed E-state index contributed by atoms with van der Waals surface area (Å²) < 4.78 is 11.8. The molecule has 2 bridgehead atoms. The molecule has 5 heterocycles. The van der Waals surface area contributed by atoms with Gasteiger partial charge in [0.1, 0.15) is 18.7 Å². The Kier molecular flexibility index (Phi) is 5.92. The molecule has 1 aliphatic carbocycles. The van der Waals surface area contributed by atoms with Gasteiger partial charge in [0, 0.05) is 36.4 Å². The van der Waals surface area contributed by atoms with Crippen molar-refractivity contribution in [3.8, 4) is 0 Å². The molecule has 3 saturated heterocycles. The van der Waals surface area contributed by atoms with Gasteiger partial charge in [-0.15, -0.1) is 0 Å². The van der Waals surface area contributed by atoms with Crippen LogP contribution in [0.5, 0.6) is 0 Å². The van der Waals surface area contributed by atoms with E-state index in [0.717, 1.165) is 51.6 Å². The molecule has 3 aliphatic heterocycles. The van der Waals surface area contributed by atoms with Crippen LogP contribution in [-0.2, 0) is 19.9 Å². The van der Waals surface area contributed by atoms with Gasteiger partial charge in [-0.3, -0.25) is 4.79 Å². The van der Waals surface area contributed by atoms with Crippen molar-refractivity contribution >= 4 is 17.7 Å². The zero-order valence-electron chi connectivity index (χ0n) is 18.7. The predicted octanol–water partition coefficient (Wildman–Crippen LogP) is 2.24. The van der Waals surface area contributed by atoms with Crippen molar-refractivity contribution in [2.45, 2.75) is 50.2 Å². The molecule has 1 amide bonds. The highest BCUT2D eigenvalue weighted by atomic mass is 16.6. The normalized spacial score (nSPS) is 28.9. The van der Waals surface area contributed by atoms with Gasteiger partial charge in [-0.1, -0.05) is 12.8 Å². The fraction of sp³-hybridized carbons (Fsp3) is 0.583. The van der Waals surface area contributed by atoms with E-state index in [1.165, 1.54) is 18.9 Å². The van der Waals surface area contributed by atoms with Crippen LogP contribution in [-0.4, -0.2) is 63.7 Å². The zero-order chi connectivity index (χ0) is 22.9. The molecule has 0 aromatic carbocycles. The number of amides is 1. The number of fused-ring (bicyclic) bond motifs is 3. The molecule has 9 nitrogen and oxygen atoms in total. The van der Waals surface area contributed by atoms with E-state index in [9.17, 15) is 14.7 Å². The number of anilines is 1. The maximum Gasteiger partial charge on any atom is 0.343 e. The summed E-state index contributed by atoms with van der Waals surface area (Å²) in [5, 5.41) is 14.4. The summed E-state index contributed by atoms with van der Waals surface area (Å²) in [6.07, 6.45) is 10.9. The third kappa shape index (κ3) is 4.27. The number of carbonyl (C=O) groups excluding carboxylic acids is 2. The molecular formula is C24H31N4O5+. The fourth-order valence-corrected chi connectivity index (χ4v) is 6.00. The first-order valence-electron chi connectivity index (χ1n) is 11.9. The van der Waals surface area contributed by atoms with Gasteiger partial charge in [0.25, 0.3) is 5.91 Å². The van der Waals surface area contributed by atoms with E-state index in [2.05, 4.69) is 15.3 Å². The largest absolute Gasteiger partial charge is 0.472 e. The quantitative estimate of drug-likeness (QED) is 0.486. The number of aliphatic hydroxyl groups is 1. The van der Waals surface area contributed by atoms with Gasteiger partial charge in [-0.05, 0) is 25.0 Å². The predicted molar refractivity (Wildman–Crippen MR) is 118 cm³/mol. The van der Waals surface area contributed by atoms with Crippen LogP contribution in [0.3, 0.4) is 0 Å². The molecule has 6 rings (SSSR count). The topological polar surface area (TPSA) is 115 Å². The number of carbonyl (C=O) groups is 2. The number of nitrogens with one attached hydrogen (secondary N) is 1. The van der Waals surface area contributed by atoms with Gasteiger partial charge in [0.2, 0.25) is 0 Å². The number of piperidine rings is 3. The lowest BCUT2D eigenvalue weighted by molar-refractivity contribution is -0.939. The van der Waals surface area contributed by atoms with Crippen molar-refractivity contribution < 1.29 is 28.3 Å². The summed E-state index contributed by atoms with van der Waals surface area (Å²) in [7, 11) is 0. The van der Waals surface area contributed by atoms with Gasteiger partial charge in [0.15, 0.2) is 18.2 Å². The van der Waals surface area contributed by atoms with E-state index in [4.69, 9.17) is 9.15 Å². The van der Waals surface area contributed by atoms with Crippen molar-refractivity contribution in [2.75, 3.05) is 31.5 Å². The molecule has 2 N–H and O–H groups in total. The minimum absolute atomic E-state index is 0.111. The van der Waals surface area contributed by atoms with E-state index in [0.29, 0.717) is 29.0 Å². The third-order valence-corrected chi connectivity index (χ3v) is 7.85. The number of hydrogen-bond donors (Lipinski definition) is 2. The van der Waals surface area contributed by atoms with Crippen LogP contribution in [0.2, 0.25) is 0 Å². The number of esters is 1. The summed E-state index contributed by atoms with van der Waals surface area (Å²) >= 11 is 0. The zero-order valence-corrected chi connectivity index (χ0v) is 18.7. The Labute approximate surface area is 192 Å². The molecule has 9 heteroatoms. The second kappa shape index (κ2) is 8.87. The Hall–Kier alpha value is -2.78. The van der Waals surface area contributed by atoms with Gasteiger partial charge >= 0.3 is 5.97 Å². The molecule has 0 spiro atoms. The Morgan fingerprint density at radius 3 is 2.67 bits per heavy atom. The molecule has 0 radical (unpaired) electrons. The second-order valence-electron chi connectivity index (χ2n) is 9.81. The Morgan fingerprint density at radius 1 is 1.21 bits per heavy atom. The van der Waals surface area contributed by atoms with Gasteiger partial charge < -0.3 is 24.1 Å². The molecule has 33 heavy (non-hydrogen) atoms. The van der Waals surface area contributed by atoms with E-state index in [-0.39, 0.29) is 23.8 Å². The lowest BCUT2D eigenvalue weighted by atomic mass is 9.80. The summed E-state index contributed by atoms with van der Waals surface area (Å²) in [5.41, 5.74) is -1.22. The van der Waals surface area contributed by atoms with Crippen molar-refractivity contribution in [3.05, 3.63) is 42.7 Å². The van der Waals surface area contributed by atoms with Crippen LogP contribution in [0.25, 0.3) is 0 Å². The number of aromatic nitrogens is 2. The number of rotatable bonds is 7. The average molecular weight is 456 g/mol. The third-order valence-electron chi connectivity index (χ3n) is 7.85. The maximum atomic E-state index is 13.4. The molecule has 176 valence electrons. The monoisotopic (exact) mass is 455 g/mol. The second-order valence-corrected chi connectivity index (χ2v) is 9.81. The molecule has 2 atom stereocenters. The first-order valence-corrected chi connectivity index (χ1v) is 11.9. The first kappa shape index (κ1) is 22.0. The van der Waals surface area contributed by atoms with Crippen molar-refractivity contribution in [2.24, 2.45) is 11.8 Å². The van der Waals surface area contributed by atoms with Crippen LogP contribution < -0.4 is 5.32 Å². The lowest BCUT2D eigenvalue weighted by Crippen LogP contribution is -2.66. The number of furan rings is 1. The van der Waals surface area contributed by atoms with E-state index < -0.39 is 11.6 Å². The standard InChI is InChI=1S/C24H30N4O5/c29-22(27-21-5-9-25-16-26-21)14-28-10-6-17(7-11-28)20(13-28)33-23(30)24(31,18-3-1-2-4-18)19-8-12-32-15-19/h5,8-9,12,15-18,20,31H,1-4,6-7,10-11,13-14H2/p+1/t17?,20?,24-,28?/m1/s1. The summed E-state index contributed by atoms with van der Waals surface area (Å²) in [4.78, 5) is 34.1. The molecule has 2 aromatic heterocycles. The van der Waals surface area contributed by atoms with E-state index in [1.54, 1.807) is 18.3 Å². The van der Waals surface area contributed by atoms with Gasteiger partial charge in [-0.25, -0.2) is 14.8 Å². The summed E-state index contributed by atoms with van der Waals surface area (Å²) in [5.74, 6) is -0.135. The summed E-state index contributed by atoms with van der Waals surface area (Å²) in [6.45, 7) is 2.65. The first-order chi connectivity index (χ1) is 16.0. The fourth-order valence-electron chi connectivity index (χ4n) is 6.00. The van der Waals surface area contributed by atoms with Crippen molar-refractivity contribution in [1.82, 2.24) is 9.97 Å². The molecular weight excluding hydrogens is 424 g/mol. The highest BCUT2D eigenvalue weighted by molar-refractivity contribution is 5.90. The molecule has 1 unspecified atom stereocenters. The maximum absolute atomic E-state index is 13.4. The Balaban J connectivity index is 1.28. The van der Waals surface area contributed by atoms with Crippen LogP contribution in [0.15, 0.2) is 41.6 Å². The van der Waals surface area contributed by atoms with E-state index >= 15 is 0 Å². The van der Waals surface area contributed by atoms with Crippen molar-refractivity contribution in [1.29, 1.82) is 0 Å². The van der Waals surface area contributed by atoms with Crippen LogP contribution in [0.1, 0.15) is 44.1 Å². The van der Waals surface area contributed by atoms with Crippen molar-refractivity contribution in [3.63, 3.8) is 0 Å². The Bertz CT molecular complexity index is 968. The van der Waals surface area contributed by atoms with Gasteiger partial charge in [0.05, 0.1) is 25.6 Å². The Morgan fingerprint density at radius 2 is 2.00 bits per heavy atom. The SMILES string of the molecule is O=C(C[N+]12CCC(CC1)C(OC(=O)[C@](O)(c1ccoc1)C1CCCC1)C2)Nc1ccncn1. The molecule has 4 fully saturated rings. The highest BCUT2D eigenvalue weighted by Gasteiger charge is 2.53. The number of nitrogens with zero attached hydrogens (tertiary/aromatic N) is 3. The molecule has 2 aromatic rings. The van der Waals surface area contributed by atoms with Crippen LogP contribution >= 0.6 is 0 Å². The number of quaternary nitrogens is 1. The number of ether oxygens (including phenoxy) is 1. The van der Waals surface area contributed by atoms with Crippen LogP contribution in [0, 0.1) is 11.8 Å². The average Bonchev–Trinajstić information content (AvgIpc) is 3.54. The summed E-state index contributed by atoms with van der Waals surface area (Å²) in [6, 6.07) is 3.31. The lowest BCUT2D eigenvalue weighted by Gasteiger charge is -2.51. The van der Waals surface area contributed by atoms with Crippen LogP contribution in [0.4, 0.5) is 5.82 Å². The smallest absolute Gasteiger partial charge is 0.343 e. The highest BCUT2D eigenvalue weighted by Crippen LogP contribution is 2.43. The molecule has 1 saturated carbocycles. The van der Waals surface area contributed by atoms with E-state index in [1.807, 2.05) is 0 Å². The number of hydrogen-bond acceptors (Lipinski definition) is 7. The molecule has 4 aliphatic rings. The minimum Gasteiger partial charge on any atom is -0.472 e. The van der Waals surface area contributed by atoms with Gasteiger partial charge in [-0.2, -0.15) is 0 Å². The minimum atomic E-state index is -1.69.